The zero-order valence-corrected chi connectivity index (χ0v) is 16.7. The monoisotopic (exact) mass is 424 g/mol. The molecule has 0 aliphatic rings. The summed E-state index contributed by atoms with van der Waals surface area (Å²) in [6.07, 6.45) is 4.77. The van der Waals surface area contributed by atoms with Crippen LogP contribution in [-0.2, 0) is 7.05 Å². The third kappa shape index (κ3) is 4.15. The van der Waals surface area contributed by atoms with Gasteiger partial charge >= 0.3 is 0 Å². The number of carbonyl (C=O) groups is 2. The molecule has 1 unspecified atom stereocenters. The number of hydrogen-bond acceptors (Lipinski definition) is 5. The molecule has 0 fully saturated rings. The molecule has 4 aromatic rings. The van der Waals surface area contributed by atoms with Gasteiger partial charge in [0.25, 0.3) is 11.8 Å². The predicted octanol–water partition coefficient (Wildman–Crippen LogP) is 3.99. The molecule has 0 saturated heterocycles. The number of imidazole rings is 1. The van der Waals surface area contributed by atoms with Gasteiger partial charge in [0, 0.05) is 19.4 Å². The molecule has 0 radical (unpaired) electrons. The molecule has 30 heavy (non-hydrogen) atoms. The number of nitrogens with zero attached hydrogens (tertiary/aromatic N) is 2. The number of thiophene rings is 1. The molecule has 2 amide bonds. The van der Waals surface area contributed by atoms with E-state index >= 15 is 0 Å². The van der Waals surface area contributed by atoms with Gasteiger partial charge < -0.3 is 19.6 Å². The molecule has 2 N–H and O–H groups in total. The molecule has 7 nitrogen and oxygen atoms in total. The van der Waals surface area contributed by atoms with Crippen molar-refractivity contribution >= 4 is 28.2 Å². The van der Waals surface area contributed by atoms with Crippen LogP contribution in [0.4, 0.5) is 9.39 Å². The summed E-state index contributed by atoms with van der Waals surface area (Å²) in [5.41, 5.74) is 0.570. The van der Waals surface area contributed by atoms with E-state index in [-0.39, 0.29) is 11.7 Å². The maximum atomic E-state index is 13.8. The average Bonchev–Trinajstić information content (AvgIpc) is 3.48. The number of halogens is 1. The van der Waals surface area contributed by atoms with Crippen LogP contribution < -0.4 is 10.6 Å². The minimum atomic E-state index is -0.642. The standard InChI is InChI=1S/C21H17FN4O3S/c1-26-10-9-23-19(26)18(13-4-2-5-14(22)12-13)25-21(28)16-7-8-17(30-16)24-20(27)15-6-3-11-29-15/h2-12,18H,1H3,(H,24,27)(H,25,28). The van der Waals surface area contributed by atoms with Gasteiger partial charge in [-0.25, -0.2) is 9.37 Å². The molecular formula is C21H17FN4O3S. The van der Waals surface area contributed by atoms with E-state index in [0.29, 0.717) is 21.3 Å². The maximum absolute atomic E-state index is 13.8. The zero-order valence-electron chi connectivity index (χ0n) is 15.8. The number of aryl methyl sites for hydroxylation is 1. The van der Waals surface area contributed by atoms with Crippen LogP contribution in [0.15, 0.2) is 71.6 Å². The molecule has 0 spiro atoms. The number of furan rings is 1. The molecule has 9 heteroatoms. The van der Waals surface area contributed by atoms with Crippen molar-refractivity contribution in [2.24, 2.45) is 7.05 Å². The van der Waals surface area contributed by atoms with E-state index in [1.54, 1.807) is 60.4 Å². The van der Waals surface area contributed by atoms with E-state index in [9.17, 15) is 14.0 Å². The van der Waals surface area contributed by atoms with Crippen molar-refractivity contribution in [2.45, 2.75) is 6.04 Å². The van der Waals surface area contributed by atoms with Crippen LogP contribution in [0, 0.1) is 5.82 Å². The molecule has 3 aromatic heterocycles. The molecule has 0 aliphatic carbocycles. The lowest BCUT2D eigenvalue weighted by Gasteiger charge is -2.19. The summed E-state index contributed by atoms with van der Waals surface area (Å²) in [5.74, 6) is -0.428. The largest absolute Gasteiger partial charge is 0.459 e. The maximum Gasteiger partial charge on any atom is 0.291 e. The van der Waals surface area contributed by atoms with Gasteiger partial charge in [-0.2, -0.15) is 0 Å². The van der Waals surface area contributed by atoms with Gasteiger partial charge in [0.2, 0.25) is 0 Å². The van der Waals surface area contributed by atoms with Crippen LogP contribution in [0.5, 0.6) is 0 Å². The highest BCUT2D eigenvalue weighted by Crippen LogP contribution is 2.26. The Morgan fingerprint density at radius 1 is 1.17 bits per heavy atom. The van der Waals surface area contributed by atoms with Gasteiger partial charge in [-0.3, -0.25) is 9.59 Å². The smallest absolute Gasteiger partial charge is 0.291 e. The van der Waals surface area contributed by atoms with Crippen LogP contribution >= 0.6 is 11.3 Å². The molecule has 3 heterocycles. The molecular weight excluding hydrogens is 407 g/mol. The summed E-state index contributed by atoms with van der Waals surface area (Å²) in [6.45, 7) is 0. The van der Waals surface area contributed by atoms with Crippen molar-refractivity contribution < 1.29 is 18.4 Å². The van der Waals surface area contributed by atoms with Crippen LogP contribution in [-0.4, -0.2) is 21.4 Å². The summed E-state index contributed by atoms with van der Waals surface area (Å²) in [4.78, 5) is 29.7. The van der Waals surface area contributed by atoms with Crippen LogP contribution in [0.3, 0.4) is 0 Å². The van der Waals surface area contributed by atoms with Crippen molar-refractivity contribution in [2.75, 3.05) is 5.32 Å². The van der Waals surface area contributed by atoms with Gasteiger partial charge in [-0.05, 0) is 42.0 Å². The van der Waals surface area contributed by atoms with Gasteiger partial charge in [0.05, 0.1) is 16.1 Å². The second-order valence-corrected chi connectivity index (χ2v) is 7.54. The highest BCUT2D eigenvalue weighted by Gasteiger charge is 2.23. The topological polar surface area (TPSA) is 89.2 Å². The Hall–Kier alpha value is -3.72. The lowest BCUT2D eigenvalue weighted by atomic mass is 10.1. The fraction of sp³-hybridized carbons (Fsp3) is 0.0952. The van der Waals surface area contributed by atoms with Crippen LogP contribution in [0.1, 0.15) is 37.7 Å². The van der Waals surface area contributed by atoms with Gasteiger partial charge in [-0.15, -0.1) is 11.3 Å². The molecule has 1 aromatic carbocycles. The average molecular weight is 424 g/mol. The Morgan fingerprint density at radius 2 is 2.03 bits per heavy atom. The first-order chi connectivity index (χ1) is 14.5. The molecule has 152 valence electrons. The molecule has 0 bridgehead atoms. The van der Waals surface area contributed by atoms with E-state index < -0.39 is 17.8 Å². The molecule has 4 rings (SSSR count). The van der Waals surface area contributed by atoms with Crippen molar-refractivity contribution in [3.63, 3.8) is 0 Å². The van der Waals surface area contributed by atoms with E-state index in [1.807, 2.05) is 0 Å². The minimum Gasteiger partial charge on any atom is -0.459 e. The van der Waals surface area contributed by atoms with E-state index in [2.05, 4.69) is 15.6 Å². The quantitative estimate of drug-likeness (QED) is 0.490. The minimum absolute atomic E-state index is 0.176. The second-order valence-electron chi connectivity index (χ2n) is 6.45. The summed E-state index contributed by atoms with van der Waals surface area (Å²) in [5, 5.41) is 6.09. The lowest BCUT2D eigenvalue weighted by Crippen LogP contribution is -2.30. The summed E-state index contributed by atoms with van der Waals surface area (Å²) >= 11 is 1.12. The number of anilines is 1. The number of nitrogens with one attached hydrogen (secondary N) is 2. The number of benzene rings is 1. The first-order valence-electron chi connectivity index (χ1n) is 8.99. The lowest BCUT2D eigenvalue weighted by molar-refractivity contribution is 0.0944. The van der Waals surface area contributed by atoms with Crippen molar-refractivity contribution in [3.05, 3.63) is 95.0 Å². The fourth-order valence-electron chi connectivity index (χ4n) is 2.95. The van der Waals surface area contributed by atoms with Crippen LogP contribution in [0.2, 0.25) is 0 Å². The number of rotatable bonds is 6. The number of aromatic nitrogens is 2. The third-order valence-electron chi connectivity index (χ3n) is 4.39. The van der Waals surface area contributed by atoms with Gasteiger partial charge in [0.15, 0.2) is 5.76 Å². The highest BCUT2D eigenvalue weighted by molar-refractivity contribution is 7.18. The predicted molar refractivity (Wildman–Crippen MR) is 110 cm³/mol. The van der Waals surface area contributed by atoms with E-state index in [1.165, 1.54) is 18.4 Å². The van der Waals surface area contributed by atoms with E-state index in [0.717, 1.165) is 11.3 Å². The number of hydrogen-bond donors (Lipinski definition) is 2. The SMILES string of the molecule is Cn1ccnc1C(NC(=O)c1ccc(NC(=O)c2ccco2)s1)c1cccc(F)c1. The fourth-order valence-corrected chi connectivity index (χ4v) is 3.75. The first kappa shape index (κ1) is 19.6. The van der Waals surface area contributed by atoms with Gasteiger partial charge in [-0.1, -0.05) is 12.1 Å². The second kappa shape index (κ2) is 8.34. The van der Waals surface area contributed by atoms with Crippen molar-refractivity contribution in [1.82, 2.24) is 14.9 Å². The Morgan fingerprint density at radius 3 is 2.73 bits per heavy atom. The summed E-state index contributed by atoms with van der Waals surface area (Å²) in [7, 11) is 1.80. The third-order valence-corrected chi connectivity index (χ3v) is 5.39. The summed E-state index contributed by atoms with van der Waals surface area (Å²) in [6, 6.07) is 11.8. The van der Waals surface area contributed by atoms with Crippen molar-refractivity contribution in [3.8, 4) is 0 Å². The summed E-state index contributed by atoms with van der Waals surface area (Å²) < 4.78 is 20.6. The molecule has 0 saturated carbocycles. The highest BCUT2D eigenvalue weighted by atomic mass is 32.1. The molecule has 0 aliphatic heterocycles. The number of amides is 2. The Balaban J connectivity index is 1.54. The van der Waals surface area contributed by atoms with E-state index in [4.69, 9.17) is 4.42 Å². The Labute approximate surface area is 175 Å². The number of carbonyl (C=O) groups excluding carboxylic acids is 2. The van der Waals surface area contributed by atoms with Crippen LogP contribution in [0.25, 0.3) is 0 Å². The normalized spacial score (nSPS) is 11.8. The zero-order chi connectivity index (χ0) is 21.1. The van der Waals surface area contributed by atoms with Gasteiger partial charge in [0.1, 0.15) is 17.7 Å². The molecule has 1 atom stereocenters. The Bertz CT molecular complexity index is 1180. The Kier molecular flexibility index (Phi) is 5.44. The van der Waals surface area contributed by atoms with Crippen molar-refractivity contribution in [1.29, 1.82) is 0 Å². The first-order valence-corrected chi connectivity index (χ1v) is 9.81.